The van der Waals surface area contributed by atoms with Crippen LogP contribution in [0, 0.1) is 12.7 Å². The number of alkyl halides is 3. The Labute approximate surface area is 284 Å². The van der Waals surface area contributed by atoms with Crippen molar-refractivity contribution < 1.29 is 46.8 Å². The number of nitrogens with one attached hydrogen (secondary N) is 2. The van der Waals surface area contributed by atoms with Gasteiger partial charge in [-0.1, -0.05) is 6.07 Å². The molecule has 2 atom stereocenters. The number of pyridine rings is 2. The van der Waals surface area contributed by atoms with Crippen molar-refractivity contribution in [3.63, 3.8) is 0 Å². The molecule has 0 saturated heterocycles. The second-order valence-electron chi connectivity index (χ2n) is 13.7. The van der Waals surface area contributed by atoms with Crippen LogP contribution in [0.4, 0.5) is 17.6 Å². The number of amides is 2. The van der Waals surface area contributed by atoms with E-state index >= 15 is 0 Å². The number of aliphatic hydroxyl groups is 2. The highest BCUT2D eigenvalue weighted by Crippen LogP contribution is 2.48. The number of halogens is 4. The Morgan fingerprint density at radius 3 is 2.34 bits per heavy atom. The van der Waals surface area contributed by atoms with Crippen molar-refractivity contribution in [2.75, 3.05) is 19.7 Å². The molecule has 50 heavy (non-hydrogen) atoms. The van der Waals surface area contributed by atoms with E-state index in [1.807, 2.05) is 0 Å². The maximum absolute atomic E-state index is 15.0. The van der Waals surface area contributed by atoms with E-state index in [1.165, 1.54) is 45.0 Å². The van der Waals surface area contributed by atoms with Gasteiger partial charge in [0, 0.05) is 34.3 Å². The molecular weight excluding hydrogens is 660 g/mol. The molecule has 2 aliphatic rings. The summed E-state index contributed by atoms with van der Waals surface area (Å²) in [5.41, 5.74) is -6.41. The zero-order valence-electron chi connectivity index (χ0n) is 27.7. The van der Waals surface area contributed by atoms with E-state index in [0.717, 1.165) is 31.0 Å². The molecule has 1 aliphatic heterocycles. The molecule has 14 heteroatoms. The van der Waals surface area contributed by atoms with Gasteiger partial charge in [0.2, 0.25) is 11.5 Å². The maximum atomic E-state index is 15.0. The van der Waals surface area contributed by atoms with Gasteiger partial charge in [0.05, 0.1) is 23.9 Å². The van der Waals surface area contributed by atoms with Gasteiger partial charge in [-0.05, 0) is 89.1 Å². The van der Waals surface area contributed by atoms with Gasteiger partial charge < -0.3 is 30.3 Å². The second kappa shape index (κ2) is 12.5. The monoisotopic (exact) mass is 696 g/mol. The van der Waals surface area contributed by atoms with Crippen molar-refractivity contribution in [1.29, 1.82) is 0 Å². The van der Waals surface area contributed by atoms with Gasteiger partial charge in [0.1, 0.15) is 40.5 Å². The van der Waals surface area contributed by atoms with Gasteiger partial charge in [-0.15, -0.1) is 0 Å². The first-order valence-corrected chi connectivity index (χ1v) is 16.0. The number of benzene rings is 2. The largest absolute Gasteiger partial charge is 0.489 e. The zero-order chi connectivity index (χ0) is 36.2. The highest BCUT2D eigenvalue weighted by molar-refractivity contribution is 6.00. The number of nitrogens with zero attached hydrogens (tertiary/aromatic N) is 2. The fraction of sp³-hybridized carbons (Fsp3) is 0.389. The molecule has 2 aromatic carbocycles. The molecular formula is C36H36F4N4O6. The molecule has 1 aliphatic carbocycles. The van der Waals surface area contributed by atoms with Gasteiger partial charge in [-0.3, -0.25) is 9.59 Å². The van der Waals surface area contributed by atoms with Crippen molar-refractivity contribution >= 4 is 22.7 Å². The smallest absolute Gasteiger partial charge is 0.424 e. The van der Waals surface area contributed by atoms with Crippen LogP contribution in [0.15, 0.2) is 54.6 Å². The number of fused-ring (bicyclic) bond motifs is 2. The Hall–Kier alpha value is -4.82. The van der Waals surface area contributed by atoms with Crippen LogP contribution in [-0.2, 0) is 15.8 Å². The lowest BCUT2D eigenvalue weighted by Gasteiger charge is -2.32. The SMILES string of the molecule is Cc1ccc2cc(C(=O)NC[C@](O)(c3cc4c(c(-c5ccc(F)cc5)n3)OC[C@]4(C)C(=O)NCC(C)(C)O)C(F)(F)F)cc(OC3CC3)c2n1. The van der Waals surface area contributed by atoms with E-state index in [1.54, 1.807) is 19.1 Å². The molecule has 1 saturated carbocycles. The van der Waals surface area contributed by atoms with Gasteiger partial charge in [-0.2, -0.15) is 13.2 Å². The van der Waals surface area contributed by atoms with E-state index in [4.69, 9.17) is 9.47 Å². The highest BCUT2D eigenvalue weighted by Gasteiger charge is 2.58. The van der Waals surface area contributed by atoms with Crippen molar-refractivity contribution in [2.24, 2.45) is 0 Å². The number of ether oxygens (including phenoxy) is 2. The third kappa shape index (κ3) is 6.81. The molecule has 4 aromatic rings. The average molecular weight is 697 g/mol. The number of carbonyl (C=O) groups excluding carboxylic acids is 2. The molecule has 1 fully saturated rings. The van der Waals surface area contributed by atoms with Crippen molar-refractivity contribution in [3.8, 4) is 22.8 Å². The second-order valence-corrected chi connectivity index (χ2v) is 13.7. The average Bonchev–Trinajstić information content (AvgIpc) is 3.81. The first kappa shape index (κ1) is 35.0. The molecule has 6 rings (SSSR count). The zero-order valence-corrected chi connectivity index (χ0v) is 27.7. The summed E-state index contributed by atoms with van der Waals surface area (Å²) < 4.78 is 70.6. The summed E-state index contributed by atoms with van der Waals surface area (Å²) in [4.78, 5) is 35.6. The number of aryl methyl sites for hydroxylation is 1. The minimum atomic E-state index is -5.38. The Morgan fingerprint density at radius 2 is 1.70 bits per heavy atom. The molecule has 4 N–H and O–H groups in total. The lowest BCUT2D eigenvalue weighted by molar-refractivity contribution is -0.265. The number of aromatic nitrogens is 2. The van der Waals surface area contributed by atoms with E-state index < -0.39 is 52.7 Å². The summed E-state index contributed by atoms with van der Waals surface area (Å²) in [5, 5.41) is 27.0. The minimum Gasteiger partial charge on any atom is -0.489 e. The standard InChI is InChI=1S/C36H36F4N4O6/c1-19-5-6-21-13-22(14-26(28(21)43-19)50-24-11-12-24)31(45)41-17-35(48,36(38,39)40)27-15-25-30(29(44-27)20-7-9-23(37)10-8-20)49-18-34(25,4)32(46)42-16-33(2,3)47/h5-10,13-15,24,47-48H,11-12,16-18H2,1-4H3,(H,41,45)(H,42,46)/t34-,35-/m0/s1. The molecule has 0 radical (unpaired) electrons. The topological polar surface area (TPSA) is 143 Å². The van der Waals surface area contributed by atoms with E-state index in [9.17, 15) is 37.4 Å². The lowest BCUT2D eigenvalue weighted by Crippen LogP contribution is -2.52. The minimum absolute atomic E-state index is 0.0123. The first-order valence-electron chi connectivity index (χ1n) is 16.0. The summed E-state index contributed by atoms with van der Waals surface area (Å²) in [6.45, 7) is 4.36. The Balaban J connectivity index is 1.40. The first-order chi connectivity index (χ1) is 23.4. The van der Waals surface area contributed by atoms with Crippen LogP contribution in [0.5, 0.6) is 11.5 Å². The number of hydrogen-bond donors (Lipinski definition) is 4. The van der Waals surface area contributed by atoms with Crippen LogP contribution in [0.1, 0.15) is 60.9 Å². The third-order valence-corrected chi connectivity index (χ3v) is 8.75. The highest BCUT2D eigenvalue weighted by atomic mass is 19.4. The van der Waals surface area contributed by atoms with Crippen molar-refractivity contribution in [3.05, 3.63) is 82.9 Å². The van der Waals surface area contributed by atoms with E-state index in [0.29, 0.717) is 22.3 Å². The van der Waals surface area contributed by atoms with Gasteiger partial charge in [-0.25, -0.2) is 14.4 Å². The van der Waals surface area contributed by atoms with E-state index in [2.05, 4.69) is 20.6 Å². The van der Waals surface area contributed by atoms with Crippen LogP contribution in [0.3, 0.4) is 0 Å². The molecule has 2 aromatic heterocycles. The molecule has 0 unspecified atom stereocenters. The van der Waals surface area contributed by atoms with Gasteiger partial charge in [0.25, 0.3) is 5.91 Å². The Morgan fingerprint density at radius 1 is 1.00 bits per heavy atom. The predicted molar refractivity (Wildman–Crippen MR) is 174 cm³/mol. The molecule has 2 amide bonds. The normalized spacial score (nSPS) is 18.6. The summed E-state index contributed by atoms with van der Waals surface area (Å²) in [7, 11) is 0. The molecule has 0 bridgehead atoms. The van der Waals surface area contributed by atoms with Crippen LogP contribution < -0.4 is 20.1 Å². The van der Waals surface area contributed by atoms with Crippen molar-refractivity contribution in [2.45, 2.75) is 69.4 Å². The van der Waals surface area contributed by atoms with Crippen LogP contribution in [-0.4, -0.2) is 69.6 Å². The third-order valence-electron chi connectivity index (χ3n) is 8.75. The predicted octanol–water partition coefficient (Wildman–Crippen LogP) is 5.00. The van der Waals surface area contributed by atoms with Gasteiger partial charge >= 0.3 is 6.18 Å². The van der Waals surface area contributed by atoms with Crippen LogP contribution >= 0.6 is 0 Å². The fourth-order valence-electron chi connectivity index (χ4n) is 5.61. The van der Waals surface area contributed by atoms with E-state index in [-0.39, 0.29) is 47.4 Å². The van der Waals surface area contributed by atoms with Crippen LogP contribution in [0.25, 0.3) is 22.2 Å². The number of carbonyl (C=O) groups is 2. The quantitative estimate of drug-likeness (QED) is 0.170. The molecule has 3 heterocycles. The summed E-state index contributed by atoms with van der Waals surface area (Å²) >= 11 is 0. The lowest BCUT2D eigenvalue weighted by atomic mass is 9.81. The summed E-state index contributed by atoms with van der Waals surface area (Å²) in [5.74, 6) is -1.91. The van der Waals surface area contributed by atoms with Crippen molar-refractivity contribution in [1.82, 2.24) is 20.6 Å². The Bertz CT molecular complexity index is 1980. The molecule has 264 valence electrons. The number of hydrogen-bond acceptors (Lipinski definition) is 8. The molecule has 0 spiro atoms. The maximum Gasteiger partial charge on any atom is 0.424 e. The van der Waals surface area contributed by atoms with Crippen LogP contribution in [0.2, 0.25) is 0 Å². The summed E-state index contributed by atoms with van der Waals surface area (Å²) in [6.07, 6.45) is -3.80. The summed E-state index contributed by atoms with van der Waals surface area (Å²) in [6, 6.07) is 12.0. The van der Waals surface area contributed by atoms with Gasteiger partial charge in [0.15, 0.2) is 0 Å². The Kier molecular flexibility index (Phi) is 8.76. The fourth-order valence-corrected chi connectivity index (χ4v) is 5.61. The number of rotatable bonds is 10. The molecule has 10 nitrogen and oxygen atoms in total.